The maximum Gasteiger partial charge on any atom is 0.326 e. The van der Waals surface area contributed by atoms with Crippen molar-refractivity contribution in [3.63, 3.8) is 0 Å². The number of thiazole rings is 1. The van der Waals surface area contributed by atoms with Gasteiger partial charge in [0.05, 0.1) is 10.6 Å². The van der Waals surface area contributed by atoms with Crippen molar-refractivity contribution in [1.29, 1.82) is 0 Å². The summed E-state index contributed by atoms with van der Waals surface area (Å²) in [5.74, 6) is 0.162. The Morgan fingerprint density at radius 2 is 1.95 bits per heavy atom. The van der Waals surface area contributed by atoms with Crippen LogP contribution in [0.2, 0.25) is 0 Å². The van der Waals surface area contributed by atoms with Crippen molar-refractivity contribution in [1.82, 2.24) is 9.88 Å². The topological polar surface area (TPSA) is 53.5 Å². The molecule has 5 nitrogen and oxygen atoms in total. The number of fused-ring (bicyclic) bond motifs is 1. The van der Waals surface area contributed by atoms with Crippen LogP contribution in [-0.2, 0) is 6.42 Å². The SMILES string of the molecule is CN1CCN(c2nc3c(s2)C(=O)CC(C)(C)C3)C1=O. The van der Waals surface area contributed by atoms with Crippen LogP contribution in [0.5, 0.6) is 0 Å². The number of ketones is 1. The van der Waals surface area contributed by atoms with Crippen molar-refractivity contribution in [2.75, 3.05) is 25.0 Å². The number of carbonyl (C=O) groups excluding carboxylic acids is 2. The Balaban J connectivity index is 1.95. The van der Waals surface area contributed by atoms with Gasteiger partial charge >= 0.3 is 6.03 Å². The molecular formula is C13H17N3O2S. The summed E-state index contributed by atoms with van der Waals surface area (Å²) in [6.45, 7) is 5.53. The quantitative estimate of drug-likeness (QED) is 0.791. The van der Waals surface area contributed by atoms with Gasteiger partial charge in [0, 0.05) is 26.6 Å². The Morgan fingerprint density at radius 3 is 2.58 bits per heavy atom. The molecule has 2 heterocycles. The molecule has 1 aliphatic carbocycles. The maximum atomic E-state index is 12.1. The molecule has 1 aromatic rings. The first-order chi connectivity index (χ1) is 8.87. The summed E-state index contributed by atoms with van der Waals surface area (Å²) >= 11 is 1.36. The predicted octanol–water partition coefficient (Wildman–Crippen LogP) is 2.17. The summed E-state index contributed by atoms with van der Waals surface area (Å²) in [4.78, 5) is 32.7. The van der Waals surface area contributed by atoms with Gasteiger partial charge in [-0.25, -0.2) is 9.78 Å². The average molecular weight is 279 g/mol. The van der Waals surface area contributed by atoms with Gasteiger partial charge in [-0.2, -0.15) is 0 Å². The summed E-state index contributed by atoms with van der Waals surface area (Å²) in [5, 5.41) is 0.672. The molecule has 1 aliphatic heterocycles. The first-order valence-electron chi connectivity index (χ1n) is 6.43. The van der Waals surface area contributed by atoms with Crippen LogP contribution in [0.1, 0.15) is 35.6 Å². The van der Waals surface area contributed by atoms with E-state index in [1.807, 2.05) is 0 Å². The van der Waals surface area contributed by atoms with Crippen LogP contribution in [0.3, 0.4) is 0 Å². The zero-order valence-electron chi connectivity index (χ0n) is 11.4. The van der Waals surface area contributed by atoms with E-state index < -0.39 is 0 Å². The van der Waals surface area contributed by atoms with Gasteiger partial charge in [0.15, 0.2) is 10.9 Å². The van der Waals surface area contributed by atoms with Crippen molar-refractivity contribution < 1.29 is 9.59 Å². The van der Waals surface area contributed by atoms with Gasteiger partial charge in [0.2, 0.25) is 0 Å². The second-order valence-electron chi connectivity index (χ2n) is 6.07. The third-order valence-corrected chi connectivity index (χ3v) is 4.83. The van der Waals surface area contributed by atoms with Gasteiger partial charge < -0.3 is 4.90 Å². The lowest BCUT2D eigenvalue weighted by molar-refractivity contribution is 0.0916. The fourth-order valence-electron chi connectivity index (χ4n) is 2.65. The molecule has 1 fully saturated rings. The summed E-state index contributed by atoms with van der Waals surface area (Å²) in [7, 11) is 1.78. The van der Waals surface area contributed by atoms with Crippen LogP contribution < -0.4 is 4.90 Å². The average Bonchev–Trinajstić information content (AvgIpc) is 2.83. The van der Waals surface area contributed by atoms with Crippen LogP contribution in [0, 0.1) is 5.41 Å². The Hall–Kier alpha value is -1.43. The smallest absolute Gasteiger partial charge is 0.326 e. The van der Waals surface area contributed by atoms with E-state index in [2.05, 4.69) is 18.8 Å². The Kier molecular flexibility index (Phi) is 2.67. The highest BCUT2D eigenvalue weighted by atomic mass is 32.1. The van der Waals surface area contributed by atoms with Crippen molar-refractivity contribution in [3.05, 3.63) is 10.6 Å². The van der Waals surface area contributed by atoms with E-state index in [4.69, 9.17) is 0 Å². The number of likely N-dealkylation sites (N-methyl/N-ethyl adjacent to an activating group) is 1. The van der Waals surface area contributed by atoms with Gasteiger partial charge in [0.25, 0.3) is 0 Å². The number of Topliss-reactive ketones (excluding diaryl/α,β-unsaturated/α-hetero) is 1. The van der Waals surface area contributed by atoms with Crippen LogP contribution >= 0.6 is 11.3 Å². The van der Waals surface area contributed by atoms with Crippen molar-refractivity contribution in [3.8, 4) is 0 Å². The van der Waals surface area contributed by atoms with E-state index in [0.717, 1.165) is 17.0 Å². The third-order valence-electron chi connectivity index (χ3n) is 3.67. The number of nitrogens with zero attached hydrogens (tertiary/aromatic N) is 3. The van der Waals surface area contributed by atoms with Crippen LogP contribution in [0.4, 0.5) is 9.93 Å². The number of aromatic nitrogens is 1. The van der Waals surface area contributed by atoms with E-state index >= 15 is 0 Å². The highest BCUT2D eigenvalue weighted by Crippen LogP contribution is 2.39. The molecule has 0 radical (unpaired) electrons. The number of hydrogen-bond donors (Lipinski definition) is 0. The molecule has 0 atom stereocenters. The fourth-order valence-corrected chi connectivity index (χ4v) is 3.69. The van der Waals surface area contributed by atoms with Crippen molar-refractivity contribution >= 4 is 28.3 Å². The lowest BCUT2D eigenvalue weighted by Crippen LogP contribution is -2.29. The summed E-state index contributed by atoms with van der Waals surface area (Å²) < 4.78 is 0. The second-order valence-corrected chi connectivity index (χ2v) is 7.05. The standard InChI is InChI=1S/C13H17N3O2S/c1-13(2)6-8-10(9(17)7-13)19-11(14-8)16-5-4-15(3)12(16)18/h4-7H2,1-3H3. The van der Waals surface area contributed by atoms with Crippen LogP contribution in [0.25, 0.3) is 0 Å². The number of rotatable bonds is 1. The Bertz CT molecular complexity index is 564. The number of hydrogen-bond acceptors (Lipinski definition) is 4. The molecule has 0 saturated carbocycles. The number of carbonyl (C=O) groups is 2. The summed E-state index contributed by atoms with van der Waals surface area (Å²) in [5.41, 5.74) is 0.838. The normalized spacial score (nSPS) is 22.1. The maximum absolute atomic E-state index is 12.1. The Labute approximate surface area is 116 Å². The molecule has 0 N–H and O–H groups in total. The molecule has 0 aromatic carbocycles. The first-order valence-corrected chi connectivity index (χ1v) is 7.24. The molecule has 6 heteroatoms. The molecule has 0 unspecified atom stereocenters. The monoisotopic (exact) mass is 279 g/mol. The minimum Gasteiger partial charge on any atom is -0.326 e. The summed E-state index contributed by atoms with van der Waals surface area (Å²) in [6.07, 6.45) is 1.37. The zero-order chi connectivity index (χ0) is 13.8. The van der Waals surface area contributed by atoms with Crippen LogP contribution in [0.15, 0.2) is 0 Å². The van der Waals surface area contributed by atoms with Gasteiger partial charge in [-0.15, -0.1) is 0 Å². The minimum absolute atomic E-state index is 0.0266. The van der Waals surface area contributed by atoms with Crippen molar-refractivity contribution in [2.45, 2.75) is 26.7 Å². The molecule has 0 spiro atoms. The van der Waals surface area contributed by atoms with Gasteiger partial charge in [-0.05, 0) is 11.8 Å². The van der Waals surface area contributed by atoms with Crippen LogP contribution in [-0.4, -0.2) is 41.8 Å². The number of amides is 2. The van der Waals surface area contributed by atoms with Gasteiger partial charge in [-0.3, -0.25) is 9.69 Å². The van der Waals surface area contributed by atoms with Gasteiger partial charge in [0.1, 0.15) is 0 Å². The molecule has 0 bridgehead atoms. The first kappa shape index (κ1) is 12.6. The predicted molar refractivity (Wildman–Crippen MR) is 73.9 cm³/mol. The molecular weight excluding hydrogens is 262 g/mol. The highest BCUT2D eigenvalue weighted by Gasteiger charge is 2.36. The van der Waals surface area contributed by atoms with E-state index in [1.54, 1.807) is 16.8 Å². The van der Waals surface area contributed by atoms with E-state index in [1.165, 1.54) is 11.3 Å². The molecule has 3 rings (SSSR count). The molecule has 19 heavy (non-hydrogen) atoms. The largest absolute Gasteiger partial charge is 0.326 e. The van der Waals surface area contributed by atoms with E-state index in [0.29, 0.717) is 24.6 Å². The van der Waals surface area contributed by atoms with Crippen molar-refractivity contribution in [2.24, 2.45) is 5.41 Å². The Morgan fingerprint density at radius 1 is 1.21 bits per heavy atom. The molecule has 1 saturated heterocycles. The molecule has 2 aliphatic rings. The van der Waals surface area contributed by atoms with E-state index in [9.17, 15) is 9.59 Å². The highest BCUT2D eigenvalue weighted by molar-refractivity contribution is 7.17. The summed E-state index contributed by atoms with van der Waals surface area (Å²) in [6, 6.07) is -0.0298. The lowest BCUT2D eigenvalue weighted by Gasteiger charge is -2.26. The fraction of sp³-hybridized carbons (Fsp3) is 0.615. The van der Waals surface area contributed by atoms with E-state index in [-0.39, 0.29) is 17.2 Å². The molecule has 1 aromatic heterocycles. The minimum atomic E-state index is -0.0298. The molecule has 2 amide bonds. The molecule has 102 valence electrons. The number of anilines is 1. The third kappa shape index (κ3) is 2.04. The zero-order valence-corrected chi connectivity index (χ0v) is 12.2. The second kappa shape index (κ2) is 4.03. The number of urea groups is 1. The lowest BCUT2D eigenvalue weighted by atomic mass is 9.78. The van der Waals surface area contributed by atoms with Gasteiger partial charge in [-0.1, -0.05) is 25.2 Å².